The Morgan fingerprint density at radius 3 is 2.67 bits per heavy atom. The van der Waals surface area contributed by atoms with E-state index in [0.29, 0.717) is 10.9 Å². The highest BCUT2D eigenvalue weighted by Gasteiger charge is 2.19. The minimum absolute atomic E-state index is 0.254. The number of halogens is 1. The number of aromatic nitrogens is 2. The number of pyridine rings is 1. The van der Waals surface area contributed by atoms with Crippen LogP contribution in [-0.4, -0.2) is 16.5 Å². The summed E-state index contributed by atoms with van der Waals surface area (Å²) in [5.74, 6) is 1.72. The molecule has 0 atom stereocenters. The highest BCUT2D eigenvalue weighted by atomic mass is 35.5. The van der Waals surface area contributed by atoms with E-state index in [1.165, 1.54) is 0 Å². The molecule has 0 aliphatic heterocycles. The standard InChI is InChI=1S/C21H20ClN3O2/c1-13(2)19-20(25-10-4-5-17(22)21(25)24-19)14-11-18(27-12-14)23-15-6-8-16(26-3)9-7-15/h4-13,23H,1-3H3. The van der Waals surface area contributed by atoms with Crippen molar-refractivity contribution in [2.45, 2.75) is 19.8 Å². The normalized spacial score (nSPS) is 11.3. The molecule has 0 aliphatic rings. The molecule has 0 aliphatic carbocycles. The average molecular weight is 382 g/mol. The van der Waals surface area contributed by atoms with Crippen LogP contribution in [0.25, 0.3) is 16.9 Å². The number of nitrogens with zero attached hydrogens (tertiary/aromatic N) is 2. The summed E-state index contributed by atoms with van der Waals surface area (Å²) in [4.78, 5) is 4.76. The Kier molecular flexibility index (Phi) is 4.54. The van der Waals surface area contributed by atoms with Gasteiger partial charge in [0.05, 0.1) is 23.5 Å². The quantitative estimate of drug-likeness (QED) is 0.452. The van der Waals surface area contributed by atoms with E-state index in [0.717, 1.165) is 34.0 Å². The Morgan fingerprint density at radius 2 is 1.96 bits per heavy atom. The van der Waals surface area contributed by atoms with Crippen molar-refractivity contribution in [2.75, 3.05) is 12.4 Å². The average Bonchev–Trinajstić information content (AvgIpc) is 3.27. The molecule has 0 spiro atoms. The van der Waals surface area contributed by atoms with Crippen molar-refractivity contribution < 1.29 is 9.15 Å². The molecule has 0 fully saturated rings. The van der Waals surface area contributed by atoms with E-state index in [9.17, 15) is 0 Å². The van der Waals surface area contributed by atoms with Gasteiger partial charge in [0.2, 0.25) is 0 Å². The molecule has 4 rings (SSSR count). The topological polar surface area (TPSA) is 51.7 Å². The lowest BCUT2D eigenvalue weighted by molar-refractivity contribution is 0.415. The summed E-state index contributed by atoms with van der Waals surface area (Å²) >= 11 is 6.34. The molecule has 3 aromatic heterocycles. The van der Waals surface area contributed by atoms with Gasteiger partial charge in [-0.1, -0.05) is 25.4 Å². The summed E-state index contributed by atoms with van der Waals surface area (Å²) in [5, 5.41) is 3.90. The molecule has 6 heteroatoms. The van der Waals surface area contributed by atoms with E-state index < -0.39 is 0 Å². The van der Waals surface area contributed by atoms with Crippen LogP contribution < -0.4 is 10.1 Å². The van der Waals surface area contributed by atoms with Crippen LogP contribution in [0.5, 0.6) is 5.75 Å². The largest absolute Gasteiger partial charge is 0.497 e. The second-order valence-electron chi connectivity index (χ2n) is 6.60. The summed E-state index contributed by atoms with van der Waals surface area (Å²) in [6.07, 6.45) is 3.71. The number of benzene rings is 1. The number of hydrogen-bond donors (Lipinski definition) is 1. The number of rotatable bonds is 5. The third-order valence-electron chi connectivity index (χ3n) is 4.41. The lowest BCUT2D eigenvalue weighted by Gasteiger charge is -2.05. The highest BCUT2D eigenvalue weighted by molar-refractivity contribution is 6.33. The van der Waals surface area contributed by atoms with Crippen LogP contribution in [0.3, 0.4) is 0 Å². The molecular weight excluding hydrogens is 362 g/mol. The first-order valence-electron chi connectivity index (χ1n) is 8.73. The van der Waals surface area contributed by atoms with E-state index in [2.05, 4.69) is 19.2 Å². The maximum absolute atomic E-state index is 6.34. The highest BCUT2D eigenvalue weighted by Crippen LogP contribution is 2.35. The Bertz CT molecular complexity index is 1080. The molecule has 0 unspecified atom stereocenters. The van der Waals surface area contributed by atoms with Gasteiger partial charge >= 0.3 is 0 Å². The molecule has 27 heavy (non-hydrogen) atoms. The third-order valence-corrected chi connectivity index (χ3v) is 4.70. The van der Waals surface area contributed by atoms with Crippen LogP contribution in [0.2, 0.25) is 5.02 Å². The van der Waals surface area contributed by atoms with Crippen molar-refractivity contribution in [1.82, 2.24) is 9.38 Å². The molecular formula is C21H20ClN3O2. The molecule has 0 saturated heterocycles. The summed E-state index contributed by atoms with van der Waals surface area (Å²) in [5.41, 5.74) is 4.60. The van der Waals surface area contributed by atoms with Crippen molar-refractivity contribution >= 4 is 28.8 Å². The molecule has 0 radical (unpaired) electrons. The first-order valence-corrected chi connectivity index (χ1v) is 9.11. The predicted molar refractivity (Wildman–Crippen MR) is 108 cm³/mol. The first-order chi connectivity index (χ1) is 13.1. The SMILES string of the molecule is COc1ccc(Nc2cc(-c3c(C(C)C)nc4c(Cl)cccn34)co2)cc1. The number of anilines is 2. The number of fused-ring (bicyclic) bond motifs is 1. The molecule has 0 bridgehead atoms. The van der Waals surface area contributed by atoms with Gasteiger partial charge in [0.25, 0.3) is 0 Å². The molecule has 1 N–H and O–H groups in total. The Morgan fingerprint density at radius 1 is 1.19 bits per heavy atom. The fraction of sp³-hybridized carbons (Fsp3) is 0.190. The van der Waals surface area contributed by atoms with E-state index in [4.69, 9.17) is 25.7 Å². The van der Waals surface area contributed by atoms with E-state index in [-0.39, 0.29) is 5.92 Å². The molecule has 1 aromatic carbocycles. The number of furan rings is 1. The summed E-state index contributed by atoms with van der Waals surface area (Å²) in [6, 6.07) is 13.4. The van der Waals surface area contributed by atoms with Crippen molar-refractivity contribution in [3.63, 3.8) is 0 Å². The van der Waals surface area contributed by atoms with Crippen molar-refractivity contribution in [2.24, 2.45) is 0 Å². The number of methoxy groups -OCH3 is 1. The van der Waals surface area contributed by atoms with Gasteiger partial charge in [0.15, 0.2) is 11.5 Å². The lowest BCUT2D eigenvalue weighted by atomic mass is 10.1. The van der Waals surface area contributed by atoms with Crippen molar-refractivity contribution in [3.05, 3.63) is 65.6 Å². The van der Waals surface area contributed by atoms with Crippen LogP contribution in [0.4, 0.5) is 11.6 Å². The molecule has 0 amide bonds. The van der Waals surface area contributed by atoms with Gasteiger partial charge in [-0.15, -0.1) is 0 Å². The van der Waals surface area contributed by atoms with Gasteiger partial charge in [-0.2, -0.15) is 0 Å². The van der Waals surface area contributed by atoms with Gasteiger partial charge in [0.1, 0.15) is 12.0 Å². The predicted octanol–water partition coefficient (Wildman–Crippen LogP) is 6.12. The van der Waals surface area contributed by atoms with Gasteiger partial charge in [-0.25, -0.2) is 4.98 Å². The minimum atomic E-state index is 0.254. The van der Waals surface area contributed by atoms with Gasteiger partial charge in [-0.05, 0) is 42.3 Å². The molecule has 138 valence electrons. The molecule has 4 aromatic rings. The van der Waals surface area contributed by atoms with Gasteiger partial charge < -0.3 is 14.5 Å². The fourth-order valence-electron chi connectivity index (χ4n) is 3.08. The number of hydrogen-bond acceptors (Lipinski definition) is 4. The van der Waals surface area contributed by atoms with E-state index in [1.54, 1.807) is 13.4 Å². The smallest absolute Gasteiger partial charge is 0.197 e. The van der Waals surface area contributed by atoms with Crippen LogP contribution in [0.15, 0.2) is 59.3 Å². The maximum Gasteiger partial charge on any atom is 0.197 e. The lowest BCUT2D eigenvalue weighted by Crippen LogP contribution is -1.93. The molecule has 3 heterocycles. The Hall–Kier alpha value is -2.92. The monoisotopic (exact) mass is 381 g/mol. The maximum atomic E-state index is 6.34. The number of ether oxygens (including phenoxy) is 1. The van der Waals surface area contributed by atoms with Gasteiger partial charge in [0, 0.05) is 23.5 Å². The van der Waals surface area contributed by atoms with Crippen molar-refractivity contribution in [3.8, 4) is 17.0 Å². The number of nitrogens with one attached hydrogen (secondary N) is 1. The van der Waals surface area contributed by atoms with Crippen LogP contribution >= 0.6 is 11.6 Å². The Labute approximate surface area is 162 Å². The second-order valence-corrected chi connectivity index (χ2v) is 7.01. The summed E-state index contributed by atoms with van der Waals surface area (Å²) in [6.45, 7) is 4.24. The zero-order valence-electron chi connectivity index (χ0n) is 15.4. The van der Waals surface area contributed by atoms with Crippen LogP contribution in [0, 0.1) is 0 Å². The molecule has 0 saturated carbocycles. The van der Waals surface area contributed by atoms with E-state index >= 15 is 0 Å². The van der Waals surface area contributed by atoms with Crippen LogP contribution in [0.1, 0.15) is 25.5 Å². The minimum Gasteiger partial charge on any atom is -0.497 e. The van der Waals surface area contributed by atoms with E-state index in [1.807, 2.05) is 53.1 Å². The second kappa shape index (κ2) is 7.00. The summed E-state index contributed by atoms with van der Waals surface area (Å²) in [7, 11) is 1.65. The summed E-state index contributed by atoms with van der Waals surface area (Å²) < 4.78 is 12.9. The number of imidazole rings is 1. The Balaban J connectivity index is 1.72. The zero-order chi connectivity index (χ0) is 19.0. The molecule has 5 nitrogen and oxygen atoms in total. The third kappa shape index (κ3) is 3.26. The first kappa shape index (κ1) is 17.5. The van der Waals surface area contributed by atoms with Crippen molar-refractivity contribution in [1.29, 1.82) is 0 Å². The zero-order valence-corrected chi connectivity index (χ0v) is 16.1. The van der Waals surface area contributed by atoms with Gasteiger partial charge in [-0.3, -0.25) is 4.40 Å². The van der Waals surface area contributed by atoms with Crippen LogP contribution in [-0.2, 0) is 0 Å². The fourth-order valence-corrected chi connectivity index (χ4v) is 3.29.